The van der Waals surface area contributed by atoms with Crippen LogP contribution >= 0.6 is 15.9 Å². The molecule has 0 aliphatic rings. The van der Waals surface area contributed by atoms with Crippen molar-refractivity contribution in [1.82, 2.24) is 4.98 Å². The quantitative estimate of drug-likeness (QED) is 0.909. The molecule has 0 radical (unpaired) electrons. The third kappa shape index (κ3) is 2.51. The highest BCUT2D eigenvalue weighted by atomic mass is 79.9. The fourth-order valence-electron chi connectivity index (χ4n) is 1.53. The molecule has 84 valence electrons. The fraction of sp³-hybridized carbons (Fsp3) is 0.250. The van der Waals surface area contributed by atoms with Gasteiger partial charge in [0, 0.05) is 28.3 Å². The van der Waals surface area contributed by atoms with Gasteiger partial charge in [0.05, 0.1) is 11.6 Å². The van der Waals surface area contributed by atoms with Crippen LogP contribution < -0.4 is 5.32 Å². The lowest BCUT2D eigenvalue weighted by Gasteiger charge is -2.10. The Morgan fingerprint density at radius 3 is 3.00 bits per heavy atom. The van der Waals surface area contributed by atoms with E-state index in [0.29, 0.717) is 6.54 Å². The maximum absolute atomic E-state index is 9.24. The van der Waals surface area contributed by atoms with Crippen LogP contribution in [0.5, 0.6) is 0 Å². The van der Waals surface area contributed by atoms with Gasteiger partial charge in [-0.1, -0.05) is 15.9 Å². The molecule has 4 heteroatoms. The Kier molecular flexibility index (Phi) is 3.41. The van der Waals surface area contributed by atoms with E-state index in [0.717, 1.165) is 21.1 Å². The molecule has 0 saturated heterocycles. The van der Waals surface area contributed by atoms with Gasteiger partial charge >= 0.3 is 0 Å². The number of pyridine rings is 1. The summed E-state index contributed by atoms with van der Waals surface area (Å²) >= 11 is 3.42. The van der Waals surface area contributed by atoms with Gasteiger partial charge in [0.2, 0.25) is 0 Å². The molecule has 1 atom stereocenters. The first-order chi connectivity index (χ1) is 7.66. The number of hydrogen-bond acceptors (Lipinski definition) is 3. The van der Waals surface area contributed by atoms with E-state index >= 15 is 0 Å². The highest BCUT2D eigenvalue weighted by molar-refractivity contribution is 9.10. The lowest BCUT2D eigenvalue weighted by Crippen LogP contribution is -2.15. The Morgan fingerprint density at radius 2 is 2.25 bits per heavy atom. The average Bonchev–Trinajstić information content (AvgIpc) is 2.25. The van der Waals surface area contributed by atoms with Gasteiger partial charge in [0.25, 0.3) is 0 Å². The van der Waals surface area contributed by atoms with Crippen molar-refractivity contribution in [3.05, 3.63) is 34.9 Å². The molecule has 1 aromatic heterocycles. The monoisotopic (exact) mass is 280 g/mol. The maximum atomic E-state index is 9.24. The highest BCUT2D eigenvalue weighted by Crippen LogP contribution is 2.24. The topological polar surface area (TPSA) is 45.1 Å². The van der Waals surface area contributed by atoms with Gasteiger partial charge in [-0.05, 0) is 31.2 Å². The summed E-state index contributed by atoms with van der Waals surface area (Å²) in [5, 5.41) is 13.5. The summed E-state index contributed by atoms with van der Waals surface area (Å²) in [5.74, 6) is 0. The number of rotatable bonds is 3. The van der Waals surface area contributed by atoms with Gasteiger partial charge in [0.15, 0.2) is 0 Å². The molecular weight excluding hydrogens is 268 g/mol. The minimum absolute atomic E-state index is 0.362. The van der Waals surface area contributed by atoms with E-state index < -0.39 is 0 Å². The first kappa shape index (κ1) is 11.4. The molecule has 16 heavy (non-hydrogen) atoms. The molecule has 3 nitrogen and oxygen atoms in total. The molecule has 0 aliphatic heterocycles. The number of benzene rings is 1. The molecule has 1 heterocycles. The van der Waals surface area contributed by atoms with Crippen molar-refractivity contribution in [1.29, 1.82) is 0 Å². The Balaban J connectivity index is 2.38. The molecule has 1 unspecified atom stereocenters. The molecule has 2 aromatic rings. The number of aliphatic hydroxyl groups excluding tert-OH is 1. The van der Waals surface area contributed by atoms with Crippen LogP contribution in [0.25, 0.3) is 10.9 Å². The second-order valence-electron chi connectivity index (χ2n) is 3.75. The first-order valence-electron chi connectivity index (χ1n) is 5.13. The largest absolute Gasteiger partial charge is 0.392 e. The zero-order valence-electron chi connectivity index (χ0n) is 8.94. The lowest BCUT2D eigenvalue weighted by atomic mass is 10.2. The van der Waals surface area contributed by atoms with E-state index in [9.17, 15) is 5.11 Å². The van der Waals surface area contributed by atoms with Gasteiger partial charge in [-0.2, -0.15) is 0 Å². The summed E-state index contributed by atoms with van der Waals surface area (Å²) in [6, 6.07) is 7.88. The molecule has 0 amide bonds. The number of anilines is 1. The number of fused-ring (bicyclic) bond motifs is 1. The summed E-state index contributed by atoms with van der Waals surface area (Å²) in [6.45, 7) is 2.29. The number of nitrogens with one attached hydrogen (secondary N) is 1. The van der Waals surface area contributed by atoms with Crippen molar-refractivity contribution in [2.75, 3.05) is 11.9 Å². The van der Waals surface area contributed by atoms with Crippen LogP contribution in [0.3, 0.4) is 0 Å². The standard InChI is InChI=1S/C12H13BrN2O/c1-8(16)7-15-11-4-5-14-12-6-9(13)2-3-10(11)12/h2-6,8,16H,7H2,1H3,(H,14,15). The molecule has 0 fully saturated rings. The Morgan fingerprint density at radius 1 is 1.44 bits per heavy atom. The summed E-state index contributed by atoms with van der Waals surface area (Å²) in [4.78, 5) is 4.30. The summed E-state index contributed by atoms with van der Waals surface area (Å²) in [5.41, 5.74) is 1.93. The molecule has 0 bridgehead atoms. The van der Waals surface area contributed by atoms with Crippen molar-refractivity contribution >= 4 is 32.5 Å². The number of nitrogens with zero attached hydrogens (tertiary/aromatic N) is 1. The van der Waals surface area contributed by atoms with E-state index in [-0.39, 0.29) is 6.10 Å². The second kappa shape index (κ2) is 4.80. The zero-order chi connectivity index (χ0) is 11.5. The van der Waals surface area contributed by atoms with Gasteiger partial charge < -0.3 is 10.4 Å². The Hall–Kier alpha value is -1.13. The number of halogens is 1. The van der Waals surface area contributed by atoms with E-state index in [1.807, 2.05) is 24.3 Å². The van der Waals surface area contributed by atoms with Crippen LogP contribution in [0.15, 0.2) is 34.9 Å². The number of aromatic nitrogens is 1. The Bertz CT molecular complexity index is 499. The van der Waals surface area contributed by atoms with Gasteiger partial charge in [-0.3, -0.25) is 4.98 Å². The van der Waals surface area contributed by atoms with Crippen molar-refractivity contribution < 1.29 is 5.11 Å². The van der Waals surface area contributed by atoms with Crippen LogP contribution in [0.2, 0.25) is 0 Å². The van der Waals surface area contributed by atoms with E-state index in [1.165, 1.54) is 0 Å². The SMILES string of the molecule is CC(O)CNc1ccnc2cc(Br)ccc12. The van der Waals surface area contributed by atoms with Crippen LogP contribution in [-0.4, -0.2) is 22.7 Å². The van der Waals surface area contributed by atoms with Crippen molar-refractivity contribution in [3.8, 4) is 0 Å². The van der Waals surface area contributed by atoms with Gasteiger partial charge in [0.1, 0.15) is 0 Å². The van der Waals surface area contributed by atoms with Crippen molar-refractivity contribution in [2.45, 2.75) is 13.0 Å². The fourth-order valence-corrected chi connectivity index (χ4v) is 1.88. The molecule has 0 saturated carbocycles. The summed E-state index contributed by atoms with van der Waals surface area (Å²) in [7, 11) is 0. The van der Waals surface area contributed by atoms with Crippen LogP contribution in [-0.2, 0) is 0 Å². The highest BCUT2D eigenvalue weighted by Gasteiger charge is 2.03. The van der Waals surface area contributed by atoms with E-state index in [4.69, 9.17) is 0 Å². The minimum Gasteiger partial charge on any atom is -0.392 e. The third-order valence-electron chi connectivity index (χ3n) is 2.29. The normalized spacial score (nSPS) is 12.7. The second-order valence-corrected chi connectivity index (χ2v) is 4.67. The van der Waals surface area contributed by atoms with Crippen molar-refractivity contribution in [2.24, 2.45) is 0 Å². The predicted octanol–water partition coefficient (Wildman–Crippen LogP) is 2.79. The molecule has 2 N–H and O–H groups in total. The minimum atomic E-state index is -0.362. The summed E-state index contributed by atoms with van der Waals surface area (Å²) < 4.78 is 1.01. The van der Waals surface area contributed by atoms with Crippen LogP contribution in [0, 0.1) is 0 Å². The molecule has 0 aliphatic carbocycles. The van der Waals surface area contributed by atoms with Gasteiger partial charge in [-0.25, -0.2) is 0 Å². The molecular formula is C12H13BrN2O. The van der Waals surface area contributed by atoms with E-state index in [1.54, 1.807) is 13.1 Å². The zero-order valence-corrected chi connectivity index (χ0v) is 10.5. The van der Waals surface area contributed by atoms with Crippen LogP contribution in [0.4, 0.5) is 5.69 Å². The smallest absolute Gasteiger partial charge is 0.0733 e. The number of hydrogen-bond donors (Lipinski definition) is 2. The maximum Gasteiger partial charge on any atom is 0.0733 e. The molecule has 2 rings (SSSR count). The average molecular weight is 281 g/mol. The lowest BCUT2D eigenvalue weighted by molar-refractivity contribution is 0.208. The summed E-state index contributed by atoms with van der Waals surface area (Å²) in [6.07, 6.45) is 1.40. The Labute approximate surface area is 103 Å². The predicted molar refractivity (Wildman–Crippen MR) is 69.6 cm³/mol. The molecule has 0 spiro atoms. The van der Waals surface area contributed by atoms with E-state index in [2.05, 4.69) is 26.2 Å². The third-order valence-corrected chi connectivity index (χ3v) is 2.79. The van der Waals surface area contributed by atoms with Crippen molar-refractivity contribution in [3.63, 3.8) is 0 Å². The van der Waals surface area contributed by atoms with Crippen LogP contribution in [0.1, 0.15) is 6.92 Å². The molecule has 1 aromatic carbocycles. The van der Waals surface area contributed by atoms with Gasteiger partial charge in [-0.15, -0.1) is 0 Å². The number of aliphatic hydroxyl groups is 1. The first-order valence-corrected chi connectivity index (χ1v) is 5.92.